The molecule has 0 atom stereocenters. The summed E-state index contributed by atoms with van der Waals surface area (Å²) >= 11 is 13.6. The van der Waals surface area contributed by atoms with Gasteiger partial charge in [-0.3, -0.25) is 0 Å². The fraction of sp³-hybridized carbons (Fsp3) is 0.263. The first-order chi connectivity index (χ1) is 13.7. The van der Waals surface area contributed by atoms with Crippen LogP contribution in [0, 0.1) is 0 Å². The number of nitrogens with zero attached hydrogens (tertiary/aromatic N) is 2. The summed E-state index contributed by atoms with van der Waals surface area (Å²) in [6, 6.07) is 10.9. The maximum Gasteiger partial charge on any atom is 0.277 e. The van der Waals surface area contributed by atoms with Crippen LogP contribution in [0.3, 0.4) is 0 Å². The van der Waals surface area contributed by atoms with E-state index < -0.39 is 0 Å². The Balaban J connectivity index is 1.35. The zero-order valence-electron chi connectivity index (χ0n) is 14.7. The molecule has 2 heterocycles. The molecule has 1 aliphatic rings. The van der Waals surface area contributed by atoms with Crippen LogP contribution < -0.4 is 14.2 Å². The Bertz CT molecular complexity index is 950. The van der Waals surface area contributed by atoms with E-state index in [9.17, 15) is 0 Å². The molecule has 0 fully saturated rings. The van der Waals surface area contributed by atoms with E-state index in [1.807, 2.05) is 12.1 Å². The van der Waals surface area contributed by atoms with Crippen molar-refractivity contribution in [3.63, 3.8) is 0 Å². The monoisotopic (exact) mass is 438 g/mol. The number of aromatic nitrogens is 2. The maximum absolute atomic E-state index is 6.32. The van der Waals surface area contributed by atoms with E-state index in [-0.39, 0.29) is 6.61 Å². The van der Waals surface area contributed by atoms with E-state index in [0.717, 1.165) is 12.0 Å². The Labute approximate surface area is 176 Å². The maximum atomic E-state index is 6.32. The van der Waals surface area contributed by atoms with E-state index >= 15 is 0 Å². The topological polar surface area (TPSA) is 66.6 Å². The van der Waals surface area contributed by atoms with Crippen LogP contribution in [0.2, 0.25) is 10.0 Å². The van der Waals surface area contributed by atoms with Gasteiger partial charge in [0.15, 0.2) is 18.1 Å². The van der Waals surface area contributed by atoms with Crippen LogP contribution >= 0.6 is 35.0 Å². The van der Waals surface area contributed by atoms with Crippen molar-refractivity contribution in [2.24, 2.45) is 0 Å². The highest BCUT2D eigenvalue weighted by molar-refractivity contribution is 7.98. The number of hydrogen-bond donors (Lipinski definition) is 0. The van der Waals surface area contributed by atoms with Crippen molar-refractivity contribution in [1.82, 2.24) is 10.2 Å². The second-order valence-corrected chi connectivity index (χ2v) is 7.72. The van der Waals surface area contributed by atoms with Crippen molar-refractivity contribution in [2.75, 3.05) is 13.2 Å². The predicted octanol–water partition coefficient (Wildman–Crippen LogP) is 5.41. The molecule has 0 unspecified atom stereocenters. The van der Waals surface area contributed by atoms with Crippen LogP contribution in [-0.4, -0.2) is 23.4 Å². The van der Waals surface area contributed by atoms with Gasteiger partial charge in [0.25, 0.3) is 11.1 Å². The molecule has 0 bridgehead atoms. The summed E-state index contributed by atoms with van der Waals surface area (Å²) in [4.78, 5) is 0. The summed E-state index contributed by atoms with van der Waals surface area (Å²) in [6.45, 7) is 1.40. The average molecular weight is 439 g/mol. The molecule has 0 N–H and O–H groups in total. The van der Waals surface area contributed by atoms with E-state index in [2.05, 4.69) is 10.2 Å². The van der Waals surface area contributed by atoms with E-state index in [1.165, 1.54) is 11.8 Å². The van der Waals surface area contributed by atoms with E-state index in [1.54, 1.807) is 24.3 Å². The number of fused-ring (bicyclic) bond motifs is 1. The van der Waals surface area contributed by atoms with Crippen LogP contribution in [0.1, 0.15) is 17.9 Å². The summed E-state index contributed by atoms with van der Waals surface area (Å²) in [5.74, 6) is 2.96. The largest absolute Gasteiger partial charge is 0.489 e. The Morgan fingerprint density at radius 2 is 1.86 bits per heavy atom. The second-order valence-electron chi connectivity index (χ2n) is 5.95. The minimum atomic E-state index is 0.186. The van der Waals surface area contributed by atoms with Crippen LogP contribution in [0.25, 0.3) is 0 Å². The van der Waals surface area contributed by atoms with Gasteiger partial charge in [0.05, 0.1) is 18.2 Å². The minimum Gasteiger partial charge on any atom is -0.489 e. The molecule has 28 heavy (non-hydrogen) atoms. The lowest BCUT2D eigenvalue weighted by Crippen LogP contribution is -1.97. The second kappa shape index (κ2) is 8.94. The number of ether oxygens (including phenoxy) is 3. The molecule has 146 valence electrons. The van der Waals surface area contributed by atoms with Crippen molar-refractivity contribution in [3.8, 4) is 17.2 Å². The lowest BCUT2D eigenvalue weighted by Gasteiger charge is -2.11. The van der Waals surface area contributed by atoms with Crippen LogP contribution in [0.15, 0.2) is 46.0 Å². The SMILES string of the molecule is Clc1ccc(OCc2nnc(SCc3cc(Cl)c4c(c3)OCCCO4)o2)cc1. The van der Waals surface area contributed by atoms with Gasteiger partial charge in [0.2, 0.25) is 0 Å². The van der Waals surface area contributed by atoms with Gasteiger partial charge in [-0.05, 0) is 42.0 Å². The molecule has 9 heteroatoms. The van der Waals surface area contributed by atoms with Crippen LogP contribution in [0.5, 0.6) is 17.2 Å². The highest BCUT2D eigenvalue weighted by atomic mass is 35.5. The molecule has 0 saturated heterocycles. The Morgan fingerprint density at radius 3 is 2.71 bits per heavy atom. The summed E-state index contributed by atoms with van der Waals surface area (Å²) in [5, 5.41) is 9.69. The molecule has 0 spiro atoms. The molecular formula is C19H16Cl2N2O4S. The quantitative estimate of drug-likeness (QED) is 0.476. The first-order valence-corrected chi connectivity index (χ1v) is 10.3. The summed E-state index contributed by atoms with van der Waals surface area (Å²) in [6.07, 6.45) is 0.831. The lowest BCUT2D eigenvalue weighted by atomic mass is 10.2. The molecule has 2 aromatic carbocycles. The molecule has 0 amide bonds. The van der Waals surface area contributed by atoms with Gasteiger partial charge in [-0.25, -0.2) is 0 Å². The number of hydrogen-bond acceptors (Lipinski definition) is 7. The molecule has 0 saturated carbocycles. The molecule has 6 nitrogen and oxygen atoms in total. The summed E-state index contributed by atoms with van der Waals surface area (Å²) in [7, 11) is 0. The highest BCUT2D eigenvalue weighted by Crippen LogP contribution is 2.39. The molecule has 1 aliphatic heterocycles. The fourth-order valence-electron chi connectivity index (χ4n) is 2.54. The van der Waals surface area contributed by atoms with Crippen molar-refractivity contribution < 1.29 is 18.6 Å². The van der Waals surface area contributed by atoms with Crippen molar-refractivity contribution in [1.29, 1.82) is 0 Å². The Hall–Kier alpha value is -2.09. The highest BCUT2D eigenvalue weighted by Gasteiger charge is 2.16. The van der Waals surface area contributed by atoms with Gasteiger partial charge in [-0.2, -0.15) is 0 Å². The lowest BCUT2D eigenvalue weighted by molar-refractivity contribution is 0.252. The molecular weight excluding hydrogens is 423 g/mol. The fourth-order valence-corrected chi connectivity index (χ4v) is 3.67. The van der Waals surface area contributed by atoms with Gasteiger partial charge < -0.3 is 18.6 Å². The molecule has 0 aliphatic carbocycles. The van der Waals surface area contributed by atoms with Gasteiger partial charge >= 0.3 is 0 Å². The van der Waals surface area contributed by atoms with Gasteiger partial charge in [-0.1, -0.05) is 35.0 Å². The minimum absolute atomic E-state index is 0.186. The third kappa shape index (κ3) is 4.84. The number of thioether (sulfide) groups is 1. The number of halogens is 2. The van der Waals surface area contributed by atoms with Crippen LogP contribution in [0.4, 0.5) is 0 Å². The van der Waals surface area contributed by atoms with Crippen LogP contribution in [-0.2, 0) is 12.4 Å². The zero-order chi connectivity index (χ0) is 19.3. The molecule has 1 aromatic heterocycles. The molecule has 4 rings (SSSR count). The first-order valence-electron chi connectivity index (χ1n) is 8.59. The predicted molar refractivity (Wildman–Crippen MR) is 107 cm³/mol. The van der Waals surface area contributed by atoms with E-state index in [4.69, 9.17) is 41.8 Å². The third-order valence-corrected chi connectivity index (χ3v) is 5.27. The van der Waals surface area contributed by atoms with Gasteiger partial charge in [0.1, 0.15) is 5.75 Å². The first kappa shape index (κ1) is 19.2. The standard InChI is InChI=1S/C19H16Cl2N2O4S/c20-13-2-4-14(5-3-13)26-10-17-22-23-19(27-17)28-11-12-8-15(21)18-16(9-12)24-6-1-7-25-18/h2-5,8-9H,1,6-7,10-11H2. The molecule has 3 aromatic rings. The summed E-state index contributed by atoms with van der Waals surface area (Å²) in [5.41, 5.74) is 0.983. The number of benzene rings is 2. The zero-order valence-corrected chi connectivity index (χ0v) is 17.0. The normalized spacial score (nSPS) is 13.2. The Kier molecular flexibility index (Phi) is 6.14. The summed E-state index contributed by atoms with van der Waals surface area (Å²) < 4.78 is 22.6. The molecule has 0 radical (unpaired) electrons. The Morgan fingerprint density at radius 1 is 1.04 bits per heavy atom. The van der Waals surface area contributed by atoms with E-state index in [0.29, 0.717) is 57.4 Å². The van der Waals surface area contributed by atoms with Gasteiger partial charge in [-0.15, -0.1) is 10.2 Å². The van der Waals surface area contributed by atoms with Crippen molar-refractivity contribution in [2.45, 2.75) is 24.0 Å². The van der Waals surface area contributed by atoms with Crippen molar-refractivity contribution in [3.05, 3.63) is 57.9 Å². The number of rotatable bonds is 6. The average Bonchev–Trinajstić information content (AvgIpc) is 3.01. The van der Waals surface area contributed by atoms with Gasteiger partial charge in [0, 0.05) is 17.2 Å². The third-order valence-electron chi connectivity index (χ3n) is 3.85. The smallest absolute Gasteiger partial charge is 0.277 e. The van der Waals surface area contributed by atoms with Crippen molar-refractivity contribution >= 4 is 35.0 Å².